The molecule has 41 heavy (non-hydrogen) atoms. The highest BCUT2D eigenvalue weighted by molar-refractivity contribution is 7.99. The Hall–Kier alpha value is -3.22. The number of amides is 2. The maximum Gasteiger partial charge on any atom is 0.328 e. The molecular weight excluding hydrogens is 554 g/mol. The van der Waals surface area contributed by atoms with E-state index in [1.165, 1.54) is 13.0 Å². The molecule has 12 heteroatoms. The molecule has 0 bridgehead atoms. The summed E-state index contributed by atoms with van der Waals surface area (Å²) < 4.78 is 32.1. The largest absolute Gasteiger partial charge is 0.462 e. The second kappa shape index (κ2) is 17.6. The van der Waals surface area contributed by atoms with Gasteiger partial charge in [-0.3, -0.25) is 9.59 Å². The van der Waals surface area contributed by atoms with Crippen molar-refractivity contribution in [2.24, 2.45) is 11.7 Å². The van der Waals surface area contributed by atoms with Crippen molar-refractivity contribution in [1.82, 2.24) is 10.2 Å². The lowest BCUT2D eigenvalue weighted by molar-refractivity contribution is -0.146. The van der Waals surface area contributed by atoms with Gasteiger partial charge in [0.1, 0.15) is 24.3 Å². The summed E-state index contributed by atoms with van der Waals surface area (Å²) >= 11 is 1.70. The van der Waals surface area contributed by atoms with Gasteiger partial charge in [-0.15, -0.1) is 11.8 Å². The molecule has 5 N–H and O–H groups in total. The van der Waals surface area contributed by atoms with E-state index < -0.39 is 23.7 Å². The predicted octanol–water partition coefficient (Wildman–Crippen LogP) is 2.97. The standard InChI is InChI=1S/C15H22N2O4.C14H18F2N2OS/c1-11(2)14(15(20)21-8-7-18)17-13-5-3-12(4-6-13)9-16-10-19;1-9-4-13(16)10(6-12(9)15)5-11(17)7-14(19)18-2-3-20-8-18/h3-6,10-11,14,17-18H,7-9H2,1-2H3,(H,16,19);4,6,11H,2-3,5,7-8,17H2,1H3. The molecule has 0 spiro atoms. The number of ether oxygens (including phenoxy) is 1. The maximum absolute atomic E-state index is 13.7. The number of aliphatic hydroxyl groups excluding tert-OH is 1. The Morgan fingerprint density at radius 2 is 1.90 bits per heavy atom. The van der Waals surface area contributed by atoms with Gasteiger partial charge in [-0.25, -0.2) is 13.6 Å². The van der Waals surface area contributed by atoms with Crippen molar-refractivity contribution in [2.75, 3.05) is 36.7 Å². The zero-order valence-electron chi connectivity index (χ0n) is 23.7. The van der Waals surface area contributed by atoms with Crippen molar-refractivity contribution in [2.45, 2.75) is 52.2 Å². The molecule has 0 radical (unpaired) electrons. The van der Waals surface area contributed by atoms with E-state index in [1.807, 2.05) is 38.1 Å². The van der Waals surface area contributed by atoms with Crippen LogP contribution in [0.25, 0.3) is 0 Å². The molecule has 9 nitrogen and oxygen atoms in total. The van der Waals surface area contributed by atoms with Crippen LogP contribution in [0.3, 0.4) is 0 Å². The first-order chi connectivity index (χ1) is 19.5. The highest BCUT2D eigenvalue weighted by Crippen LogP contribution is 2.19. The van der Waals surface area contributed by atoms with Gasteiger partial charge in [0.2, 0.25) is 12.3 Å². The quantitative estimate of drug-likeness (QED) is 0.206. The molecule has 3 rings (SSSR count). The number of carbonyl (C=O) groups excluding carboxylic acids is 3. The van der Waals surface area contributed by atoms with Crippen molar-refractivity contribution in [1.29, 1.82) is 0 Å². The molecule has 0 aliphatic carbocycles. The Morgan fingerprint density at radius 3 is 2.49 bits per heavy atom. The van der Waals surface area contributed by atoms with Crippen LogP contribution in [0.1, 0.15) is 37.0 Å². The van der Waals surface area contributed by atoms with Crippen LogP contribution in [0.2, 0.25) is 0 Å². The normalized spacial score (nSPS) is 14.1. The topological polar surface area (TPSA) is 134 Å². The number of aliphatic hydroxyl groups is 1. The Morgan fingerprint density at radius 1 is 1.20 bits per heavy atom. The smallest absolute Gasteiger partial charge is 0.328 e. The fourth-order valence-corrected chi connectivity index (χ4v) is 4.93. The average Bonchev–Trinajstić information content (AvgIpc) is 3.48. The van der Waals surface area contributed by atoms with Crippen LogP contribution in [0.4, 0.5) is 14.5 Å². The molecule has 0 aromatic heterocycles. The van der Waals surface area contributed by atoms with Gasteiger partial charge in [0.15, 0.2) is 0 Å². The van der Waals surface area contributed by atoms with E-state index >= 15 is 0 Å². The van der Waals surface area contributed by atoms with Crippen LogP contribution >= 0.6 is 11.8 Å². The van der Waals surface area contributed by atoms with Gasteiger partial charge in [0, 0.05) is 37.0 Å². The third-order valence-electron chi connectivity index (χ3n) is 6.27. The first-order valence-corrected chi connectivity index (χ1v) is 14.6. The van der Waals surface area contributed by atoms with Crippen molar-refractivity contribution in [3.05, 3.63) is 64.7 Å². The van der Waals surface area contributed by atoms with Gasteiger partial charge in [0.25, 0.3) is 0 Å². The molecule has 2 aromatic rings. The lowest BCUT2D eigenvalue weighted by atomic mass is 10.0. The Bertz CT molecular complexity index is 1130. The number of halogens is 2. The lowest BCUT2D eigenvalue weighted by Gasteiger charge is -2.22. The number of nitrogens with one attached hydrogen (secondary N) is 2. The van der Waals surface area contributed by atoms with E-state index in [0.29, 0.717) is 18.8 Å². The average molecular weight is 595 g/mol. The summed E-state index contributed by atoms with van der Waals surface area (Å²) in [6.45, 7) is 6.37. The Kier molecular flexibility index (Phi) is 14.6. The minimum absolute atomic E-state index is 0.0000356. The minimum atomic E-state index is -0.496. The number of carbonyl (C=O) groups is 3. The molecule has 1 fully saturated rings. The molecule has 1 aliphatic heterocycles. The zero-order valence-corrected chi connectivity index (χ0v) is 24.5. The van der Waals surface area contributed by atoms with Gasteiger partial charge >= 0.3 is 5.97 Å². The first kappa shape index (κ1) is 34.0. The van der Waals surface area contributed by atoms with Crippen molar-refractivity contribution >= 4 is 35.7 Å². The fraction of sp³-hybridized carbons (Fsp3) is 0.483. The third kappa shape index (κ3) is 11.7. The molecule has 2 unspecified atom stereocenters. The molecule has 1 saturated heterocycles. The van der Waals surface area contributed by atoms with E-state index in [4.69, 9.17) is 15.6 Å². The van der Waals surface area contributed by atoms with E-state index in [-0.39, 0.29) is 55.0 Å². The van der Waals surface area contributed by atoms with Gasteiger partial charge in [-0.05, 0) is 60.2 Å². The van der Waals surface area contributed by atoms with Crippen LogP contribution < -0.4 is 16.4 Å². The number of nitrogens with two attached hydrogens (primary N) is 1. The highest BCUT2D eigenvalue weighted by atomic mass is 32.2. The van der Waals surface area contributed by atoms with E-state index in [2.05, 4.69) is 10.6 Å². The Balaban J connectivity index is 0.000000287. The summed E-state index contributed by atoms with van der Waals surface area (Å²) in [4.78, 5) is 35.8. The number of anilines is 1. The number of aryl methyl sites for hydroxylation is 1. The molecule has 2 amide bonds. The van der Waals surface area contributed by atoms with Crippen LogP contribution in [-0.4, -0.2) is 71.8 Å². The minimum Gasteiger partial charge on any atom is -0.462 e. The molecule has 2 atom stereocenters. The highest BCUT2D eigenvalue weighted by Gasteiger charge is 2.24. The van der Waals surface area contributed by atoms with Crippen molar-refractivity contribution < 1.29 is 33.0 Å². The summed E-state index contributed by atoms with van der Waals surface area (Å²) in [7, 11) is 0. The number of hydrogen-bond acceptors (Lipinski definition) is 8. The lowest BCUT2D eigenvalue weighted by Crippen LogP contribution is -2.36. The molecule has 0 saturated carbocycles. The maximum atomic E-state index is 13.7. The number of thioether (sulfide) groups is 1. The molecule has 2 aromatic carbocycles. The summed E-state index contributed by atoms with van der Waals surface area (Å²) in [6.07, 6.45) is 0.976. The van der Waals surface area contributed by atoms with Gasteiger partial charge in [0.05, 0.1) is 12.5 Å². The molecule has 1 heterocycles. The van der Waals surface area contributed by atoms with Gasteiger partial charge < -0.3 is 31.1 Å². The summed E-state index contributed by atoms with van der Waals surface area (Å²) in [6, 6.07) is 8.79. The fourth-order valence-electron chi connectivity index (χ4n) is 3.95. The number of esters is 1. The van der Waals surface area contributed by atoms with E-state index in [9.17, 15) is 23.2 Å². The van der Waals surface area contributed by atoms with E-state index in [0.717, 1.165) is 29.6 Å². The molecule has 1 aliphatic rings. The zero-order chi connectivity index (χ0) is 30.4. The van der Waals surface area contributed by atoms with Crippen molar-refractivity contribution in [3.63, 3.8) is 0 Å². The number of benzene rings is 2. The monoisotopic (exact) mass is 594 g/mol. The SMILES string of the molecule is CC(C)C(Nc1ccc(CNC=O)cc1)C(=O)OCCO.Cc1cc(F)c(CC(N)CC(=O)N2CCSC2)cc1F. The summed E-state index contributed by atoms with van der Waals surface area (Å²) in [5.74, 6) is 0.367. The first-order valence-electron chi connectivity index (χ1n) is 13.4. The number of nitrogens with zero attached hydrogens (tertiary/aromatic N) is 1. The van der Waals surface area contributed by atoms with Crippen LogP contribution in [0.15, 0.2) is 36.4 Å². The molecule has 226 valence electrons. The Labute approximate surface area is 244 Å². The van der Waals surface area contributed by atoms with Gasteiger partial charge in [-0.2, -0.15) is 0 Å². The summed E-state index contributed by atoms with van der Waals surface area (Å²) in [5, 5.41) is 14.4. The van der Waals surface area contributed by atoms with Gasteiger partial charge in [-0.1, -0.05) is 26.0 Å². The van der Waals surface area contributed by atoms with Crippen LogP contribution in [-0.2, 0) is 32.1 Å². The van der Waals surface area contributed by atoms with Crippen molar-refractivity contribution in [3.8, 4) is 0 Å². The number of hydrogen-bond donors (Lipinski definition) is 4. The summed E-state index contributed by atoms with van der Waals surface area (Å²) in [5.41, 5.74) is 8.15. The van der Waals surface area contributed by atoms with Crippen LogP contribution in [0, 0.1) is 24.5 Å². The second-order valence-electron chi connectivity index (χ2n) is 10.0. The third-order valence-corrected chi connectivity index (χ3v) is 7.24. The van der Waals surface area contributed by atoms with E-state index in [1.54, 1.807) is 16.7 Å². The molecular formula is C29H40F2N4O5S. The number of rotatable bonds is 13. The van der Waals surface area contributed by atoms with Crippen LogP contribution in [0.5, 0.6) is 0 Å². The predicted molar refractivity (Wildman–Crippen MR) is 156 cm³/mol. The second-order valence-corrected chi connectivity index (χ2v) is 11.1.